The van der Waals surface area contributed by atoms with Crippen molar-refractivity contribution in [2.75, 3.05) is 5.32 Å². The number of rotatable bonds is 4. The van der Waals surface area contributed by atoms with Crippen LogP contribution >= 0.6 is 11.6 Å². The molecule has 0 aliphatic carbocycles. The van der Waals surface area contributed by atoms with E-state index in [4.69, 9.17) is 11.6 Å². The summed E-state index contributed by atoms with van der Waals surface area (Å²) in [6, 6.07) is 10.2. The Bertz CT molecular complexity index is 632. The van der Waals surface area contributed by atoms with Gasteiger partial charge in [-0.25, -0.2) is 4.39 Å². The van der Waals surface area contributed by atoms with Crippen molar-refractivity contribution in [3.8, 4) is 0 Å². The Balaban J connectivity index is 2.15. The first-order valence-electron chi connectivity index (χ1n) is 5.93. The second-order valence-corrected chi connectivity index (χ2v) is 4.75. The van der Waals surface area contributed by atoms with Crippen LogP contribution < -0.4 is 5.32 Å². The van der Waals surface area contributed by atoms with Gasteiger partial charge in [0.05, 0.1) is 15.6 Å². The van der Waals surface area contributed by atoms with Gasteiger partial charge in [-0.2, -0.15) is 0 Å². The van der Waals surface area contributed by atoms with Gasteiger partial charge >= 0.3 is 0 Å². The monoisotopic (exact) mass is 294 g/mol. The first kappa shape index (κ1) is 14.3. The average Bonchev–Trinajstić information content (AvgIpc) is 2.42. The van der Waals surface area contributed by atoms with Crippen LogP contribution in [0.25, 0.3) is 0 Å². The Morgan fingerprint density at radius 3 is 2.45 bits per heavy atom. The molecule has 6 heteroatoms. The molecule has 0 aliphatic heterocycles. The first-order chi connectivity index (χ1) is 9.47. The highest BCUT2D eigenvalue weighted by atomic mass is 35.5. The standard InChI is InChI=1S/C14H12ClFN2O2/c1-9(10-2-5-12(6-3-10)18(19)20)17-14-7-4-11(16)8-13(14)15/h2-9,17H,1H3. The van der Waals surface area contributed by atoms with Gasteiger partial charge in [0, 0.05) is 18.2 Å². The van der Waals surface area contributed by atoms with Gasteiger partial charge < -0.3 is 5.32 Å². The molecule has 4 nitrogen and oxygen atoms in total. The molecule has 2 rings (SSSR count). The van der Waals surface area contributed by atoms with Gasteiger partial charge in [0.2, 0.25) is 0 Å². The van der Waals surface area contributed by atoms with Crippen LogP contribution in [0.5, 0.6) is 0 Å². The Labute approximate surface area is 120 Å². The molecule has 0 saturated heterocycles. The van der Waals surface area contributed by atoms with Crippen LogP contribution in [-0.2, 0) is 0 Å². The number of non-ortho nitro benzene ring substituents is 1. The molecule has 0 radical (unpaired) electrons. The SMILES string of the molecule is CC(Nc1ccc(F)cc1Cl)c1ccc([N+](=O)[O-])cc1. The third-order valence-corrected chi connectivity index (χ3v) is 3.22. The number of nitrogens with one attached hydrogen (secondary N) is 1. The molecule has 20 heavy (non-hydrogen) atoms. The van der Waals surface area contributed by atoms with E-state index >= 15 is 0 Å². The second kappa shape index (κ2) is 5.88. The summed E-state index contributed by atoms with van der Waals surface area (Å²) in [6.45, 7) is 1.89. The van der Waals surface area contributed by atoms with E-state index in [2.05, 4.69) is 5.32 Å². The van der Waals surface area contributed by atoms with Crippen molar-refractivity contribution in [1.82, 2.24) is 0 Å². The van der Waals surface area contributed by atoms with E-state index in [0.29, 0.717) is 10.7 Å². The van der Waals surface area contributed by atoms with E-state index in [-0.39, 0.29) is 11.7 Å². The van der Waals surface area contributed by atoms with Gasteiger partial charge in [-0.3, -0.25) is 10.1 Å². The smallest absolute Gasteiger partial charge is 0.269 e. The molecule has 0 saturated carbocycles. The van der Waals surface area contributed by atoms with Crippen molar-refractivity contribution < 1.29 is 9.31 Å². The molecule has 2 aromatic carbocycles. The van der Waals surface area contributed by atoms with Gasteiger partial charge in [-0.1, -0.05) is 23.7 Å². The van der Waals surface area contributed by atoms with Crippen molar-refractivity contribution in [3.05, 3.63) is 69.0 Å². The highest BCUT2D eigenvalue weighted by Gasteiger charge is 2.10. The van der Waals surface area contributed by atoms with Gasteiger partial charge in [-0.15, -0.1) is 0 Å². The molecule has 0 bridgehead atoms. The first-order valence-corrected chi connectivity index (χ1v) is 6.31. The molecule has 0 aliphatic rings. The topological polar surface area (TPSA) is 55.2 Å². The predicted octanol–water partition coefficient (Wildman–Crippen LogP) is 4.56. The van der Waals surface area contributed by atoms with Gasteiger partial charge in [0.15, 0.2) is 0 Å². The molecule has 0 fully saturated rings. The second-order valence-electron chi connectivity index (χ2n) is 4.34. The molecule has 0 amide bonds. The van der Waals surface area contributed by atoms with E-state index < -0.39 is 10.7 Å². The van der Waals surface area contributed by atoms with Crippen molar-refractivity contribution in [2.45, 2.75) is 13.0 Å². The molecule has 2 aromatic rings. The van der Waals surface area contributed by atoms with Crippen molar-refractivity contribution in [1.29, 1.82) is 0 Å². The maximum Gasteiger partial charge on any atom is 0.269 e. The summed E-state index contributed by atoms with van der Waals surface area (Å²) in [5.41, 5.74) is 1.52. The maximum absolute atomic E-state index is 13.0. The van der Waals surface area contributed by atoms with Crippen LogP contribution in [0.2, 0.25) is 5.02 Å². The summed E-state index contributed by atoms with van der Waals surface area (Å²) in [4.78, 5) is 10.1. The number of anilines is 1. The summed E-state index contributed by atoms with van der Waals surface area (Å²) in [7, 11) is 0. The Kier molecular flexibility index (Phi) is 4.20. The molecular weight excluding hydrogens is 283 g/mol. The van der Waals surface area contributed by atoms with E-state index in [1.165, 1.54) is 24.3 Å². The highest BCUT2D eigenvalue weighted by Crippen LogP contribution is 2.27. The minimum absolute atomic E-state index is 0.0424. The summed E-state index contributed by atoms with van der Waals surface area (Å²) in [5.74, 6) is -0.400. The van der Waals surface area contributed by atoms with Crippen molar-refractivity contribution in [3.63, 3.8) is 0 Å². The summed E-state index contributed by atoms with van der Waals surface area (Å²) in [5, 5.41) is 14.0. The largest absolute Gasteiger partial charge is 0.377 e. The molecule has 0 aromatic heterocycles. The molecular formula is C14H12ClFN2O2. The van der Waals surface area contributed by atoms with Gasteiger partial charge in [0.25, 0.3) is 5.69 Å². The minimum atomic E-state index is -0.446. The predicted molar refractivity (Wildman–Crippen MR) is 76.5 cm³/mol. The van der Waals surface area contributed by atoms with Gasteiger partial charge in [-0.05, 0) is 30.7 Å². The Morgan fingerprint density at radius 1 is 1.25 bits per heavy atom. The zero-order valence-corrected chi connectivity index (χ0v) is 11.4. The fourth-order valence-corrected chi connectivity index (χ4v) is 2.03. The summed E-state index contributed by atoms with van der Waals surface area (Å²) < 4.78 is 13.0. The average molecular weight is 295 g/mol. The summed E-state index contributed by atoms with van der Waals surface area (Å²) in [6.07, 6.45) is 0. The van der Waals surface area contributed by atoms with Crippen LogP contribution in [0.4, 0.5) is 15.8 Å². The normalized spacial score (nSPS) is 11.9. The number of nitro benzene ring substituents is 1. The van der Waals surface area contributed by atoms with Crippen molar-refractivity contribution >= 4 is 23.0 Å². The van der Waals surface area contributed by atoms with E-state index in [1.807, 2.05) is 6.92 Å². The van der Waals surface area contributed by atoms with E-state index in [9.17, 15) is 14.5 Å². The lowest BCUT2D eigenvalue weighted by Crippen LogP contribution is -2.07. The number of nitrogens with zero attached hydrogens (tertiary/aromatic N) is 1. The fraction of sp³-hybridized carbons (Fsp3) is 0.143. The number of nitro groups is 1. The van der Waals surface area contributed by atoms with Gasteiger partial charge in [0.1, 0.15) is 5.82 Å². The van der Waals surface area contributed by atoms with Crippen LogP contribution in [0.1, 0.15) is 18.5 Å². The third-order valence-electron chi connectivity index (χ3n) is 2.91. The number of benzene rings is 2. The fourth-order valence-electron chi connectivity index (χ4n) is 1.81. The number of hydrogen-bond donors (Lipinski definition) is 1. The Morgan fingerprint density at radius 2 is 1.90 bits per heavy atom. The van der Waals surface area contributed by atoms with E-state index in [0.717, 1.165) is 5.56 Å². The lowest BCUT2D eigenvalue weighted by molar-refractivity contribution is -0.384. The van der Waals surface area contributed by atoms with Crippen molar-refractivity contribution in [2.24, 2.45) is 0 Å². The van der Waals surface area contributed by atoms with E-state index in [1.54, 1.807) is 18.2 Å². The molecule has 1 atom stereocenters. The quantitative estimate of drug-likeness (QED) is 0.664. The molecule has 104 valence electrons. The summed E-state index contributed by atoms with van der Waals surface area (Å²) >= 11 is 5.94. The number of halogens is 2. The minimum Gasteiger partial charge on any atom is -0.377 e. The molecule has 0 spiro atoms. The highest BCUT2D eigenvalue weighted by molar-refractivity contribution is 6.33. The molecule has 1 N–H and O–H groups in total. The van der Waals surface area contributed by atoms with Crippen LogP contribution in [0.3, 0.4) is 0 Å². The van der Waals surface area contributed by atoms with Crippen LogP contribution in [0, 0.1) is 15.9 Å². The zero-order chi connectivity index (χ0) is 14.7. The Hall–Kier alpha value is -2.14. The lowest BCUT2D eigenvalue weighted by atomic mass is 10.1. The van der Waals surface area contributed by atoms with Crippen LogP contribution in [0.15, 0.2) is 42.5 Å². The van der Waals surface area contributed by atoms with Crippen LogP contribution in [-0.4, -0.2) is 4.92 Å². The molecule has 1 unspecified atom stereocenters. The number of hydrogen-bond acceptors (Lipinski definition) is 3. The lowest BCUT2D eigenvalue weighted by Gasteiger charge is -2.16. The molecule has 0 heterocycles. The third kappa shape index (κ3) is 3.24. The maximum atomic E-state index is 13.0. The zero-order valence-electron chi connectivity index (χ0n) is 10.6.